The van der Waals surface area contributed by atoms with Crippen LogP contribution in [-0.4, -0.2) is 41.6 Å². The van der Waals surface area contributed by atoms with E-state index in [1.165, 1.54) is 19.3 Å². The van der Waals surface area contributed by atoms with Crippen LogP contribution in [0.3, 0.4) is 0 Å². The van der Waals surface area contributed by atoms with Crippen molar-refractivity contribution in [2.75, 3.05) is 19.6 Å². The fourth-order valence-corrected chi connectivity index (χ4v) is 3.39. The van der Waals surface area contributed by atoms with Crippen molar-refractivity contribution in [2.24, 2.45) is 11.3 Å². The summed E-state index contributed by atoms with van der Waals surface area (Å²) in [7, 11) is 0. The minimum Gasteiger partial charge on any atom is -0.481 e. The molecule has 0 saturated heterocycles. The van der Waals surface area contributed by atoms with Crippen molar-refractivity contribution in [3.8, 4) is 0 Å². The van der Waals surface area contributed by atoms with E-state index in [0.717, 1.165) is 25.8 Å². The molecule has 0 aromatic heterocycles. The molecule has 5 heteroatoms. The van der Waals surface area contributed by atoms with Crippen LogP contribution in [0.15, 0.2) is 0 Å². The molecule has 2 aliphatic carbocycles. The average molecular weight is 296 g/mol. The number of urea groups is 1. The summed E-state index contributed by atoms with van der Waals surface area (Å²) in [6, 6.07) is -0.101. The van der Waals surface area contributed by atoms with Gasteiger partial charge >= 0.3 is 12.0 Å². The van der Waals surface area contributed by atoms with Gasteiger partial charge in [-0.3, -0.25) is 4.79 Å². The molecule has 0 atom stereocenters. The van der Waals surface area contributed by atoms with Crippen molar-refractivity contribution in [1.29, 1.82) is 0 Å². The van der Waals surface area contributed by atoms with E-state index in [0.29, 0.717) is 25.3 Å². The van der Waals surface area contributed by atoms with Gasteiger partial charge in [-0.05, 0) is 38.5 Å². The van der Waals surface area contributed by atoms with Crippen molar-refractivity contribution in [1.82, 2.24) is 10.2 Å². The second kappa shape index (κ2) is 7.14. The fourth-order valence-electron chi connectivity index (χ4n) is 3.39. The summed E-state index contributed by atoms with van der Waals surface area (Å²) in [4.78, 5) is 25.7. The largest absolute Gasteiger partial charge is 0.481 e. The summed E-state index contributed by atoms with van der Waals surface area (Å²) in [5.41, 5.74) is -0.746. The Balaban J connectivity index is 1.86. The number of aliphatic carboxylic acids is 1. The van der Waals surface area contributed by atoms with Gasteiger partial charge in [-0.1, -0.05) is 25.7 Å². The monoisotopic (exact) mass is 296 g/mol. The van der Waals surface area contributed by atoms with Gasteiger partial charge in [0.15, 0.2) is 0 Å². The van der Waals surface area contributed by atoms with Crippen LogP contribution < -0.4 is 5.32 Å². The molecular weight excluding hydrogens is 268 g/mol. The third-order valence-corrected chi connectivity index (χ3v) is 5.21. The number of amides is 2. The number of nitrogens with zero attached hydrogens (tertiary/aromatic N) is 1. The molecule has 120 valence electrons. The van der Waals surface area contributed by atoms with Gasteiger partial charge in [0, 0.05) is 19.6 Å². The normalized spacial score (nSPS) is 21.4. The Morgan fingerprint density at radius 2 is 1.86 bits per heavy atom. The first-order chi connectivity index (χ1) is 10.1. The first-order valence-corrected chi connectivity index (χ1v) is 8.33. The Hall–Kier alpha value is -1.26. The summed E-state index contributed by atoms with van der Waals surface area (Å²) in [5.74, 6) is -0.122. The molecule has 0 unspecified atom stereocenters. The van der Waals surface area contributed by atoms with Crippen LogP contribution in [0.25, 0.3) is 0 Å². The second-order valence-corrected chi connectivity index (χ2v) is 6.64. The molecule has 21 heavy (non-hydrogen) atoms. The lowest BCUT2D eigenvalue weighted by Crippen LogP contribution is -2.49. The summed E-state index contributed by atoms with van der Waals surface area (Å²) < 4.78 is 0. The van der Waals surface area contributed by atoms with Crippen LogP contribution in [0.2, 0.25) is 0 Å². The predicted molar refractivity (Wildman–Crippen MR) is 81.1 cm³/mol. The van der Waals surface area contributed by atoms with Gasteiger partial charge in [-0.15, -0.1) is 0 Å². The van der Waals surface area contributed by atoms with Gasteiger partial charge in [0.1, 0.15) is 0 Å². The molecule has 0 heterocycles. The van der Waals surface area contributed by atoms with E-state index >= 15 is 0 Å². The average Bonchev–Trinajstić information content (AvgIpc) is 2.45. The number of hydrogen-bond donors (Lipinski definition) is 2. The van der Waals surface area contributed by atoms with Gasteiger partial charge in [0.2, 0.25) is 0 Å². The molecule has 5 nitrogen and oxygen atoms in total. The van der Waals surface area contributed by atoms with Crippen molar-refractivity contribution >= 4 is 12.0 Å². The molecule has 0 aromatic carbocycles. The SMILES string of the molecule is CCN(CC1CCC1)C(=O)NCC1(C(=O)O)CCCCC1. The van der Waals surface area contributed by atoms with E-state index in [-0.39, 0.29) is 12.6 Å². The Kier molecular flexibility index (Phi) is 5.48. The van der Waals surface area contributed by atoms with E-state index in [4.69, 9.17) is 0 Å². The van der Waals surface area contributed by atoms with Crippen LogP contribution in [0.5, 0.6) is 0 Å². The highest BCUT2D eigenvalue weighted by molar-refractivity contribution is 5.78. The lowest BCUT2D eigenvalue weighted by atomic mass is 9.74. The number of carbonyl (C=O) groups excluding carboxylic acids is 1. The van der Waals surface area contributed by atoms with Crippen molar-refractivity contribution in [3.05, 3.63) is 0 Å². The molecule has 0 radical (unpaired) electrons. The van der Waals surface area contributed by atoms with Gasteiger partial charge < -0.3 is 15.3 Å². The predicted octanol–water partition coefficient (Wildman–Crippen LogP) is 2.85. The third kappa shape index (κ3) is 3.89. The van der Waals surface area contributed by atoms with Gasteiger partial charge in [0.25, 0.3) is 0 Å². The number of carboxylic acid groups (broad SMARTS) is 1. The molecule has 0 spiro atoms. The summed E-state index contributed by atoms with van der Waals surface area (Å²) in [6.45, 7) is 3.74. The number of carboxylic acids is 1. The highest BCUT2D eigenvalue weighted by Gasteiger charge is 2.40. The number of carbonyl (C=O) groups is 2. The number of nitrogens with one attached hydrogen (secondary N) is 1. The maximum absolute atomic E-state index is 12.3. The van der Waals surface area contributed by atoms with Gasteiger partial charge in [-0.2, -0.15) is 0 Å². The standard InChI is InChI=1S/C16H28N2O3/c1-2-18(11-13-7-6-8-13)15(21)17-12-16(14(19)20)9-4-3-5-10-16/h13H,2-12H2,1H3,(H,17,21)(H,19,20). The molecule has 2 N–H and O–H groups in total. The Bertz CT molecular complexity index is 374. The molecule has 2 aliphatic rings. The van der Waals surface area contributed by atoms with E-state index in [9.17, 15) is 14.7 Å². The zero-order valence-corrected chi connectivity index (χ0v) is 13.1. The lowest BCUT2D eigenvalue weighted by molar-refractivity contribution is -0.150. The van der Waals surface area contributed by atoms with Crippen LogP contribution in [-0.2, 0) is 4.79 Å². The van der Waals surface area contributed by atoms with E-state index in [1.54, 1.807) is 0 Å². The molecule has 0 aliphatic heterocycles. The Labute approximate surface area is 127 Å². The van der Waals surface area contributed by atoms with Crippen molar-refractivity contribution < 1.29 is 14.7 Å². The fraction of sp³-hybridized carbons (Fsp3) is 0.875. The number of hydrogen-bond acceptors (Lipinski definition) is 2. The van der Waals surface area contributed by atoms with Crippen LogP contribution in [0.1, 0.15) is 58.3 Å². The van der Waals surface area contributed by atoms with E-state index < -0.39 is 11.4 Å². The Morgan fingerprint density at radius 3 is 2.33 bits per heavy atom. The highest BCUT2D eigenvalue weighted by atomic mass is 16.4. The first-order valence-electron chi connectivity index (χ1n) is 8.33. The third-order valence-electron chi connectivity index (χ3n) is 5.21. The zero-order valence-electron chi connectivity index (χ0n) is 13.1. The van der Waals surface area contributed by atoms with E-state index in [2.05, 4.69) is 5.32 Å². The summed E-state index contributed by atoms with van der Waals surface area (Å²) in [5, 5.41) is 12.4. The molecule has 0 aromatic rings. The maximum Gasteiger partial charge on any atom is 0.317 e. The number of rotatable bonds is 6. The minimum absolute atomic E-state index is 0.101. The lowest BCUT2D eigenvalue weighted by Gasteiger charge is -2.35. The quantitative estimate of drug-likeness (QED) is 0.792. The molecule has 0 bridgehead atoms. The zero-order chi connectivity index (χ0) is 15.3. The smallest absolute Gasteiger partial charge is 0.317 e. The molecule has 2 saturated carbocycles. The van der Waals surface area contributed by atoms with Crippen molar-refractivity contribution in [2.45, 2.75) is 58.3 Å². The van der Waals surface area contributed by atoms with Crippen molar-refractivity contribution in [3.63, 3.8) is 0 Å². The highest BCUT2D eigenvalue weighted by Crippen LogP contribution is 2.36. The molecular formula is C16H28N2O3. The topological polar surface area (TPSA) is 69.6 Å². The summed E-state index contributed by atoms with van der Waals surface area (Å²) >= 11 is 0. The van der Waals surface area contributed by atoms with Gasteiger partial charge in [-0.25, -0.2) is 4.79 Å². The van der Waals surface area contributed by atoms with Gasteiger partial charge in [0.05, 0.1) is 5.41 Å². The van der Waals surface area contributed by atoms with Crippen LogP contribution >= 0.6 is 0 Å². The molecule has 2 amide bonds. The second-order valence-electron chi connectivity index (χ2n) is 6.64. The molecule has 2 rings (SSSR count). The van der Waals surface area contributed by atoms with E-state index in [1.807, 2.05) is 11.8 Å². The van der Waals surface area contributed by atoms with Crippen LogP contribution in [0, 0.1) is 11.3 Å². The maximum atomic E-state index is 12.3. The Morgan fingerprint density at radius 1 is 1.19 bits per heavy atom. The molecule has 2 fully saturated rings. The minimum atomic E-state index is -0.760. The summed E-state index contributed by atoms with van der Waals surface area (Å²) in [6.07, 6.45) is 8.04. The van der Waals surface area contributed by atoms with Crippen LogP contribution in [0.4, 0.5) is 4.79 Å². The first kappa shape index (κ1) is 16.1.